The third-order valence-corrected chi connectivity index (χ3v) is 3.17. The number of aliphatic hydroxyl groups excluding tert-OH is 1. The van der Waals surface area contributed by atoms with Crippen molar-refractivity contribution in [1.82, 2.24) is 4.98 Å². The molecule has 0 radical (unpaired) electrons. The minimum absolute atomic E-state index is 0.0448. The molecule has 0 spiro atoms. The Morgan fingerprint density at radius 3 is 2.94 bits per heavy atom. The van der Waals surface area contributed by atoms with Crippen molar-refractivity contribution in [2.75, 3.05) is 18.1 Å². The Bertz CT molecular complexity index is 395. The largest absolute Gasteiger partial charge is 0.392 e. The molecule has 2 atom stereocenters. The summed E-state index contributed by atoms with van der Waals surface area (Å²) in [5, 5.41) is 9.08. The first kappa shape index (κ1) is 12.3. The third-order valence-electron chi connectivity index (χ3n) is 3.17. The molecule has 2 unspecified atom stereocenters. The van der Waals surface area contributed by atoms with Gasteiger partial charge in [0.15, 0.2) is 0 Å². The molecule has 0 bridgehead atoms. The molecule has 1 aliphatic heterocycles. The van der Waals surface area contributed by atoms with E-state index in [4.69, 9.17) is 9.84 Å². The standard InChI is InChI=1S/C13H20N2O2/c1-9-4-12(7-16)5-14-13(9)15-6-11(3)17-8-10(15)2/h4-5,10-11,16H,6-8H2,1-3H3. The maximum Gasteiger partial charge on any atom is 0.131 e. The highest BCUT2D eigenvalue weighted by atomic mass is 16.5. The van der Waals surface area contributed by atoms with E-state index in [1.165, 1.54) is 0 Å². The van der Waals surface area contributed by atoms with Crippen LogP contribution in [0.1, 0.15) is 25.0 Å². The van der Waals surface area contributed by atoms with E-state index in [0.29, 0.717) is 6.04 Å². The fraction of sp³-hybridized carbons (Fsp3) is 0.615. The topological polar surface area (TPSA) is 45.6 Å². The van der Waals surface area contributed by atoms with Crippen LogP contribution in [0.4, 0.5) is 5.82 Å². The van der Waals surface area contributed by atoms with E-state index < -0.39 is 0 Å². The van der Waals surface area contributed by atoms with E-state index in [2.05, 4.69) is 23.7 Å². The summed E-state index contributed by atoms with van der Waals surface area (Å²) in [7, 11) is 0. The second-order valence-electron chi connectivity index (χ2n) is 4.79. The smallest absolute Gasteiger partial charge is 0.131 e. The van der Waals surface area contributed by atoms with Gasteiger partial charge in [0, 0.05) is 12.7 Å². The van der Waals surface area contributed by atoms with Crippen molar-refractivity contribution in [3.8, 4) is 0 Å². The van der Waals surface area contributed by atoms with E-state index >= 15 is 0 Å². The average molecular weight is 236 g/mol. The molecule has 94 valence electrons. The van der Waals surface area contributed by atoms with Gasteiger partial charge in [0.2, 0.25) is 0 Å². The highest BCUT2D eigenvalue weighted by Crippen LogP contribution is 2.23. The van der Waals surface area contributed by atoms with Gasteiger partial charge in [0.05, 0.1) is 25.4 Å². The van der Waals surface area contributed by atoms with Gasteiger partial charge in [-0.1, -0.05) is 0 Å². The molecule has 0 amide bonds. The van der Waals surface area contributed by atoms with Crippen LogP contribution in [-0.2, 0) is 11.3 Å². The first-order valence-electron chi connectivity index (χ1n) is 6.06. The molecule has 1 N–H and O–H groups in total. The molecule has 1 saturated heterocycles. The van der Waals surface area contributed by atoms with E-state index in [9.17, 15) is 0 Å². The molecule has 0 saturated carbocycles. The number of aryl methyl sites for hydroxylation is 1. The first-order chi connectivity index (χ1) is 8.11. The lowest BCUT2D eigenvalue weighted by Crippen LogP contribution is -2.48. The number of pyridine rings is 1. The van der Waals surface area contributed by atoms with Gasteiger partial charge < -0.3 is 14.7 Å². The van der Waals surface area contributed by atoms with Crippen LogP contribution >= 0.6 is 0 Å². The predicted molar refractivity (Wildman–Crippen MR) is 67.1 cm³/mol. The van der Waals surface area contributed by atoms with Gasteiger partial charge in [-0.15, -0.1) is 0 Å². The van der Waals surface area contributed by atoms with Crippen LogP contribution in [0.25, 0.3) is 0 Å². The van der Waals surface area contributed by atoms with Crippen LogP contribution in [0, 0.1) is 6.92 Å². The molecule has 1 aromatic rings. The van der Waals surface area contributed by atoms with Crippen molar-refractivity contribution in [3.63, 3.8) is 0 Å². The number of rotatable bonds is 2. The van der Waals surface area contributed by atoms with Crippen molar-refractivity contribution < 1.29 is 9.84 Å². The fourth-order valence-corrected chi connectivity index (χ4v) is 2.21. The summed E-state index contributed by atoms with van der Waals surface area (Å²) in [4.78, 5) is 6.75. The van der Waals surface area contributed by atoms with Crippen LogP contribution in [0.3, 0.4) is 0 Å². The number of aliphatic hydroxyl groups is 1. The lowest BCUT2D eigenvalue weighted by Gasteiger charge is -2.38. The Morgan fingerprint density at radius 1 is 1.53 bits per heavy atom. The van der Waals surface area contributed by atoms with Crippen LogP contribution in [-0.4, -0.2) is 35.4 Å². The summed E-state index contributed by atoms with van der Waals surface area (Å²) in [6.45, 7) is 7.91. The number of aromatic nitrogens is 1. The minimum atomic E-state index is 0.0448. The highest BCUT2D eigenvalue weighted by molar-refractivity contribution is 5.48. The Hall–Kier alpha value is -1.13. The summed E-state index contributed by atoms with van der Waals surface area (Å²) < 4.78 is 5.62. The molecular weight excluding hydrogens is 216 g/mol. The number of ether oxygens (including phenoxy) is 1. The summed E-state index contributed by atoms with van der Waals surface area (Å²) >= 11 is 0. The maximum atomic E-state index is 9.08. The zero-order valence-electron chi connectivity index (χ0n) is 10.7. The van der Waals surface area contributed by atoms with Gasteiger partial charge in [0.25, 0.3) is 0 Å². The Balaban J connectivity index is 2.26. The molecule has 1 fully saturated rings. The van der Waals surface area contributed by atoms with Gasteiger partial charge in [-0.25, -0.2) is 4.98 Å². The summed E-state index contributed by atoms with van der Waals surface area (Å²) in [6.07, 6.45) is 1.99. The first-order valence-corrected chi connectivity index (χ1v) is 6.06. The molecular formula is C13H20N2O2. The van der Waals surface area contributed by atoms with Crippen molar-refractivity contribution in [2.24, 2.45) is 0 Å². The molecule has 1 aliphatic rings. The van der Waals surface area contributed by atoms with Crippen molar-refractivity contribution in [3.05, 3.63) is 23.4 Å². The molecule has 2 heterocycles. The maximum absolute atomic E-state index is 9.08. The Kier molecular flexibility index (Phi) is 3.64. The second kappa shape index (κ2) is 5.02. The fourth-order valence-electron chi connectivity index (χ4n) is 2.21. The SMILES string of the molecule is Cc1cc(CO)cnc1N1CC(C)OCC1C. The number of hydrogen-bond donors (Lipinski definition) is 1. The number of morpholine rings is 1. The zero-order chi connectivity index (χ0) is 12.4. The molecule has 2 rings (SSSR count). The lowest BCUT2D eigenvalue weighted by atomic mass is 10.1. The zero-order valence-corrected chi connectivity index (χ0v) is 10.7. The van der Waals surface area contributed by atoms with Gasteiger partial charge >= 0.3 is 0 Å². The Morgan fingerprint density at radius 2 is 2.29 bits per heavy atom. The monoisotopic (exact) mass is 236 g/mol. The number of anilines is 1. The number of hydrogen-bond acceptors (Lipinski definition) is 4. The van der Waals surface area contributed by atoms with Gasteiger partial charge in [0.1, 0.15) is 5.82 Å². The average Bonchev–Trinajstić information content (AvgIpc) is 2.32. The summed E-state index contributed by atoms with van der Waals surface area (Å²) in [5.41, 5.74) is 1.97. The van der Waals surface area contributed by atoms with Crippen molar-refractivity contribution in [1.29, 1.82) is 0 Å². The molecule has 0 aromatic carbocycles. The predicted octanol–water partition coefficient (Wildman–Crippen LogP) is 1.50. The van der Waals surface area contributed by atoms with E-state index in [1.807, 2.05) is 13.0 Å². The van der Waals surface area contributed by atoms with E-state index in [1.54, 1.807) is 6.20 Å². The quantitative estimate of drug-likeness (QED) is 0.845. The third kappa shape index (κ3) is 2.58. The Labute approximate surface area is 102 Å². The van der Waals surface area contributed by atoms with Gasteiger partial charge in [-0.05, 0) is 38.0 Å². The molecule has 4 heteroatoms. The van der Waals surface area contributed by atoms with Gasteiger partial charge in [-0.3, -0.25) is 0 Å². The normalized spacial score (nSPS) is 25.1. The number of nitrogens with zero attached hydrogens (tertiary/aromatic N) is 2. The minimum Gasteiger partial charge on any atom is -0.392 e. The summed E-state index contributed by atoms with van der Waals surface area (Å²) in [6, 6.07) is 2.34. The molecule has 1 aromatic heterocycles. The van der Waals surface area contributed by atoms with Crippen LogP contribution in [0.15, 0.2) is 12.3 Å². The molecule has 17 heavy (non-hydrogen) atoms. The van der Waals surface area contributed by atoms with Crippen LogP contribution < -0.4 is 4.90 Å². The highest BCUT2D eigenvalue weighted by Gasteiger charge is 2.25. The van der Waals surface area contributed by atoms with Crippen LogP contribution in [0.2, 0.25) is 0 Å². The summed E-state index contributed by atoms with van der Waals surface area (Å²) in [5.74, 6) is 1.00. The van der Waals surface area contributed by atoms with Crippen molar-refractivity contribution in [2.45, 2.75) is 39.5 Å². The lowest BCUT2D eigenvalue weighted by molar-refractivity contribution is 0.0340. The molecule has 4 nitrogen and oxygen atoms in total. The van der Waals surface area contributed by atoms with Crippen molar-refractivity contribution >= 4 is 5.82 Å². The van der Waals surface area contributed by atoms with E-state index in [-0.39, 0.29) is 12.7 Å². The molecule has 0 aliphatic carbocycles. The second-order valence-corrected chi connectivity index (χ2v) is 4.79. The van der Waals surface area contributed by atoms with E-state index in [0.717, 1.165) is 30.1 Å². The van der Waals surface area contributed by atoms with Crippen LogP contribution in [0.5, 0.6) is 0 Å². The van der Waals surface area contributed by atoms with Gasteiger partial charge in [-0.2, -0.15) is 0 Å².